The van der Waals surface area contributed by atoms with Crippen LogP contribution >= 0.6 is 0 Å². The largest absolute Gasteiger partial charge is 0.453 e. The van der Waals surface area contributed by atoms with Gasteiger partial charge in [0, 0.05) is 12.4 Å². The smallest absolute Gasteiger partial charge is 0.149 e. The van der Waals surface area contributed by atoms with Crippen molar-refractivity contribution >= 4 is 0 Å². The fraction of sp³-hybridized carbons (Fsp3) is 0.0476. The third-order valence-corrected chi connectivity index (χ3v) is 4.80. The molecule has 4 aromatic rings. The fourth-order valence-electron chi connectivity index (χ4n) is 3.83. The van der Waals surface area contributed by atoms with Gasteiger partial charge in [-0.2, -0.15) is 0 Å². The maximum absolute atomic E-state index is 6.09. The Balaban J connectivity index is 1.95. The van der Waals surface area contributed by atoms with Crippen molar-refractivity contribution in [2.75, 3.05) is 0 Å². The summed E-state index contributed by atoms with van der Waals surface area (Å²) >= 11 is 0. The van der Waals surface area contributed by atoms with Gasteiger partial charge >= 0.3 is 0 Å². The zero-order valence-electron chi connectivity index (χ0n) is 13.0. The molecule has 0 radical (unpaired) electrons. The van der Waals surface area contributed by atoms with Crippen molar-refractivity contribution in [3.8, 4) is 11.5 Å². The van der Waals surface area contributed by atoms with Crippen LogP contribution in [0.25, 0.3) is 0 Å². The summed E-state index contributed by atoms with van der Waals surface area (Å²) in [5.41, 5.74) is 4.06. The van der Waals surface area contributed by atoms with E-state index >= 15 is 0 Å². The molecule has 0 spiro atoms. The van der Waals surface area contributed by atoms with Gasteiger partial charge in [0.25, 0.3) is 0 Å². The summed E-state index contributed by atoms with van der Waals surface area (Å²) in [6.07, 6.45) is 3.88. The molecule has 1 aliphatic rings. The molecule has 2 aromatic carbocycles. The van der Waals surface area contributed by atoms with Crippen molar-refractivity contribution in [3.05, 3.63) is 108 Å². The van der Waals surface area contributed by atoms with E-state index in [1.54, 1.807) is 0 Å². The summed E-state index contributed by atoms with van der Waals surface area (Å²) in [5.74, 6) is 1.74. The molecule has 0 unspecified atom stereocenters. The van der Waals surface area contributed by atoms with Gasteiger partial charge in [0.1, 0.15) is 16.9 Å². The Morgan fingerprint density at radius 3 is 1.50 bits per heavy atom. The van der Waals surface area contributed by atoms with Crippen molar-refractivity contribution in [1.29, 1.82) is 0 Å². The molecule has 0 saturated carbocycles. The highest BCUT2D eigenvalue weighted by Crippen LogP contribution is 2.53. The number of nitrogens with one attached hydrogen (secondary N) is 2. The van der Waals surface area contributed by atoms with Gasteiger partial charge in [0.2, 0.25) is 0 Å². The van der Waals surface area contributed by atoms with Gasteiger partial charge in [-0.25, -0.2) is 0 Å². The van der Waals surface area contributed by atoms with Gasteiger partial charge in [-0.1, -0.05) is 60.7 Å². The van der Waals surface area contributed by atoms with Crippen LogP contribution in [0.1, 0.15) is 22.5 Å². The van der Waals surface area contributed by atoms with Crippen LogP contribution in [0.3, 0.4) is 0 Å². The number of fused-ring (bicyclic) bond motifs is 2. The van der Waals surface area contributed by atoms with Crippen molar-refractivity contribution in [2.24, 2.45) is 0 Å². The first-order chi connectivity index (χ1) is 11.9. The molecule has 3 heteroatoms. The molecule has 0 amide bonds. The number of aromatic amines is 2. The van der Waals surface area contributed by atoms with Crippen LogP contribution in [0, 0.1) is 0 Å². The summed E-state index contributed by atoms with van der Waals surface area (Å²) in [7, 11) is 0. The first kappa shape index (κ1) is 13.3. The highest BCUT2D eigenvalue weighted by atomic mass is 16.5. The predicted octanol–water partition coefficient (Wildman–Crippen LogP) is 4.83. The van der Waals surface area contributed by atoms with Crippen molar-refractivity contribution in [1.82, 2.24) is 9.97 Å². The van der Waals surface area contributed by atoms with Gasteiger partial charge in [0.05, 0.1) is 11.4 Å². The quantitative estimate of drug-likeness (QED) is 0.481. The minimum atomic E-state index is -0.446. The van der Waals surface area contributed by atoms with Gasteiger partial charge in [0.15, 0.2) is 0 Å². The van der Waals surface area contributed by atoms with Crippen LogP contribution in [0.15, 0.2) is 85.2 Å². The Kier molecular flexibility index (Phi) is 2.71. The number of aromatic nitrogens is 2. The lowest BCUT2D eigenvalue weighted by Crippen LogP contribution is -2.34. The highest BCUT2D eigenvalue weighted by Gasteiger charge is 2.47. The number of ether oxygens (including phenoxy) is 1. The van der Waals surface area contributed by atoms with Crippen LogP contribution in [0.2, 0.25) is 0 Å². The third-order valence-electron chi connectivity index (χ3n) is 4.80. The SMILES string of the molecule is c1ccc(C2(c3ccccc3)c3[nH]ccc3Oc3cc[nH]c32)cc1. The van der Waals surface area contributed by atoms with E-state index in [-0.39, 0.29) is 0 Å². The first-order valence-corrected chi connectivity index (χ1v) is 8.05. The van der Waals surface area contributed by atoms with Gasteiger partial charge in [-0.3, -0.25) is 0 Å². The zero-order chi connectivity index (χ0) is 16.0. The van der Waals surface area contributed by atoms with E-state index in [1.165, 1.54) is 11.1 Å². The molecule has 3 heterocycles. The second kappa shape index (κ2) is 4.90. The zero-order valence-corrected chi connectivity index (χ0v) is 13.0. The Bertz CT molecular complexity index is 901. The van der Waals surface area contributed by atoms with Crippen LogP contribution in [-0.2, 0) is 5.41 Å². The van der Waals surface area contributed by atoms with Crippen LogP contribution in [-0.4, -0.2) is 9.97 Å². The highest BCUT2D eigenvalue weighted by molar-refractivity contribution is 5.65. The van der Waals surface area contributed by atoms with Crippen LogP contribution in [0.4, 0.5) is 0 Å². The number of hydrogen-bond acceptors (Lipinski definition) is 1. The second-order valence-electron chi connectivity index (χ2n) is 6.02. The average Bonchev–Trinajstić information content (AvgIpc) is 3.30. The topological polar surface area (TPSA) is 40.8 Å². The average molecular weight is 312 g/mol. The number of benzene rings is 2. The number of H-pyrrole nitrogens is 2. The van der Waals surface area contributed by atoms with E-state index < -0.39 is 5.41 Å². The molecule has 24 heavy (non-hydrogen) atoms. The van der Waals surface area contributed by atoms with Crippen molar-refractivity contribution in [3.63, 3.8) is 0 Å². The molecule has 0 saturated heterocycles. The van der Waals surface area contributed by atoms with Gasteiger partial charge in [-0.05, 0) is 23.3 Å². The molecule has 0 bridgehead atoms. The predicted molar refractivity (Wildman–Crippen MR) is 93.5 cm³/mol. The second-order valence-corrected chi connectivity index (χ2v) is 6.02. The van der Waals surface area contributed by atoms with E-state index in [2.05, 4.69) is 58.5 Å². The Morgan fingerprint density at radius 2 is 1.04 bits per heavy atom. The standard InChI is InChI=1S/C21H16N2O/c1-3-7-15(8-4-1)21(16-9-5-2-6-10-16)19-17(11-13-22-19)24-18-12-14-23-20(18)21/h1-14,22-23H. The van der Waals surface area contributed by atoms with E-state index in [1.807, 2.05) is 36.7 Å². The lowest BCUT2D eigenvalue weighted by Gasteiger charge is -2.38. The molecular weight excluding hydrogens is 296 g/mol. The third kappa shape index (κ3) is 1.61. The molecule has 0 fully saturated rings. The molecule has 116 valence electrons. The molecule has 2 aromatic heterocycles. The molecule has 0 atom stereocenters. The summed E-state index contributed by atoms with van der Waals surface area (Å²) in [5, 5.41) is 0. The van der Waals surface area contributed by atoms with E-state index in [9.17, 15) is 0 Å². The van der Waals surface area contributed by atoms with E-state index in [0.717, 1.165) is 22.9 Å². The maximum Gasteiger partial charge on any atom is 0.149 e. The monoisotopic (exact) mass is 312 g/mol. The first-order valence-electron chi connectivity index (χ1n) is 8.05. The van der Waals surface area contributed by atoms with Crippen molar-refractivity contribution < 1.29 is 4.74 Å². The Labute approximate surface area is 139 Å². The Morgan fingerprint density at radius 1 is 0.583 bits per heavy atom. The summed E-state index contributed by atoms with van der Waals surface area (Å²) in [6, 6.07) is 25.1. The van der Waals surface area contributed by atoms with Crippen LogP contribution in [0.5, 0.6) is 11.5 Å². The van der Waals surface area contributed by atoms with E-state index in [0.29, 0.717) is 0 Å². The summed E-state index contributed by atoms with van der Waals surface area (Å²) < 4.78 is 6.09. The number of rotatable bonds is 2. The summed E-state index contributed by atoms with van der Waals surface area (Å²) in [6.45, 7) is 0. The molecular formula is C21H16N2O. The molecule has 0 aliphatic carbocycles. The lowest BCUT2D eigenvalue weighted by atomic mass is 9.68. The minimum Gasteiger partial charge on any atom is -0.453 e. The molecule has 3 nitrogen and oxygen atoms in total. The molecule has 2 N–H and O–H groups in total. The van der Waals surface area contributed by atoms with Gasteiger partial charge < -0.3 is 14.7 Å². The van der Waals surface area contributed by atoms with Gasteiger partial charge in [-0.15, -0.1) is 0 Å². The number of hydrogen-bond donors (Lipinski definition) is 2. The Hall–Kier alpha value is -3.20. The normalized spacial score (nSPS) is 14.5. The van der Waals surface area contributed by atoms with Crippen molar-refractivity contribution in [2.45, 2.75) is 5.41 Å². The molecule has 1 aliphatic heterocycles. The van der Waals surface area contributed by atoms with Crippen LogP contribution < -0.4 is 4.74 Å². The van der Waals surface area contributed by atoms with E-state index in [4.69, 9.17) is 4.74 Å². The minimum absolute atomic E-state index is 0.446. The molecule has 5 rings (SSSR count). The fourth-order valence-corrected chi connectivity index (χ4v) is 3.83. The lowest BCUT2D eigenvalue weighted by molar-refractivity contribution is 0.431. The maximum atomic E-state index is 6.09. The summed E-state index contributed by atoms with van der Waals surface area (Å²) in [4.78, 5) is 6.86.